The van der Waals surface area contributed by atoms with Crippen LogP contribution < -0.4 is 14.4 Å². The second-order valence-corrected chi connectivity index (χ2v) is 15.4. The van der Waals surface area contributed by atoms with Crippen molar-refractivity contribution in [1.29, 1.82) is 0 Å². The second-order valence-electron chi connectivity index (χ2n) is 12.3. The van der Waals surface area contributed by atoms with E-state index < -0.39 is 28.5 Å². The first-order valence-electron chi connectivity index (χ1n) is 16.4. The van der Waals surface area contributed by atoms with Crippen LogP contribution in [-0.2, 0) is 32.6 Å². The Balaban J connectivity index is 1.58. The van der Waals surface area contributed by atoms with E-state index in [1.807, 2.05) is 49.4 Å². The molecule has 1 aliphatic carbocycles. The molecule has 1 saturated carbocycles. The second kappa shape index (κ2) is 16.7. The van der Waals surface area contributed by atoms with Gasteiger partial charge in [-0.25, -0.2) is 8.42 Å². The smallest absolute Gasteiger partial charge is 0.264 e. The number of rotatable bonds is 13. The molecule has 4 aromatic rings. The number of hydrogen-bond donors (Lipinski definition) is 1. The number of aryl methyl sites for hydroxylation is 1. The Morgan fingerprint density at radius 1 is 0.939 bits per heavy atom. The van der Waals surface area contributed by atoms with Crippen LogP contribution >= 0.6 is 27.5 Å². The van der Waals surface area contributed by atoms with E-state index in [2.05, 4.69) is 21.2 Å². The maximum absolute atomic E-state index is 14.8. The molecule has 4 aromatic carbocycles. The largest absolute Gasteiger partial charge is 0.496 e. The summed E-state index contributed by atoms with van der Waals surface area (Å²) < 4.78 is 35.7. The number of carbonyl (C=O) groups excluding carboxylic acids is 2. The van der Waals surface area contributed by atoms with Gasteiger partial charge in [0, 0.05) is 24.0 Å². The number of nitrogens with one attached hydrogen (secondary N) is 1. The first-order valence-corrected chi connectivity index (χ1v) is 19.0. The molecule has 0 saturated heterocycles. The highest BCUT2D eigenvalue weighted by molar-refractivity contribution is 9.10. The van der Waals surface area contributed by atoms with Crippen LogP contribution in [0.5, 0.6) is 5.75 Å². The predicted molar refractivity (Wildman–Crippen MR) is 197 cm³/mol. The van der Waals surface area contributed by atoms with Crippen molar-refractivity contribution in [3.05, 3.63) is 123 Å². The molecular weight excluding hydrogens is 726 g/mol. The van der Waals surface area contributed by atoms with Crippen molar-refractivity contribution in [3.8, 4) is 5.75 Å². The molecule has 2 amide bonds. The van der Waals surface area contributed by atoms with Crippen molar-refractivity contribution in [2.45, 2.75) is 69.0 Å². The van der Waals surface area contributed by atoms with Gasteiger partial charge in [0.15, 0.2) is 0 Å². The van der Waals surface area contributed by atoms with E-state index in [0.29, 0.717) is 26.5 Å². The highest BCUT2D eigenvalue weighted by atomic mass is 79.9. The summed E-state index contributed by atoms with van der Waals surface area (Å²) in [5, 5.41) is 3.67. The number of methoxy groups -OCH3 is 1. The molecule has 0 heterocycles. The Hall–Kier alpha value is -3.86. The third-order valence-corrected chi connectivity index (χ3v) is 11.6. The number of nitrogens with zero attached hydrogens (tertiary/aromatic N) is 2. The number of sulfonamides is 1. The zero-order valence-electron chi connectivity index (χ0n) is 27.6. The van der Waals surface area contributed by atoms with E-state index in [1.54, 1.807) is 42.5 Å². The van der Waals surface area contributed by atoms with Crippen LogP contribution in [-0.4, -0.2) is 50.9 Å². The van der Waals surface area contributed by atoms with Gasteiger partial charge >= 0.3 is 0 Å². The Bertz CT molecular complexity index is 1850. The van der Waals surface area contributed by atoms with Gasteiger partial charge in [-0.3, -0.25) is 13.9 Å². The van der Waals surface area contributed by atoms with Crippen LogP contribution in [0.25, 0.3) is 0 Å². The SMILES string of the molecule is COc1ccc(S(=O)(=O)N(CC(=O)N(Cc2ccccc2Cl)[C@@H](Cc2ccccc2)C(=O)NC2CCCCC2)c2ccc(C)cc2)cc1Br. The number of benzene rings is 4. The summed E-state index contributed by atoms with van der Waals surface area (Å²) in [4.78, 5) is 30.5. The van der Waals surface area contributed by atoms with E-state index in [1.165, 1.54) is 24.1 Å². The van der Waals surface area contributed by atoms with E-state index >= 15 is 0 Å². The quantitative estimate of drug-likeness (QED) is 0.151. The third-order valence-electron chi connectivity index (χ3n) is 8.83. The third kappa shape index (κ3) is 9.23. The van der Waals surface area contributed by atoms with Crippen molar-refractivity contribution in [1.82, 2.24) is 10.2 Å². The van der Waals surface area contributed by atoms with Crippen LogP contribution in [0.4, 0.5) is 5.69 Å². The van der Waals surface area contributed by atoms with Gasteiger partial charge in [0.2, 0.25) is 11.8 Å². The first-order chi connectivity index (χ1) is 23.6. The van der Waals surface area contributed by atoms with Gasteiger partial charge in [-0.1, -0.05) is 97.1 Å². The van der Waals surface area contributed by atoms with Gasteiger partial charge in [-0.15, -0.1) is 0 Å². The van der Waals surface area contributed by atoms with Crippen LogP contribution in [0.15, 0.2) is 106 Å². The van der Waals surface area contributed by atoms with Crippen molar-refractivity contribution < 1.29 is 22.7 Å². The fraction of sp³-hybridized carbons (Fsp3) is 0.316. The summed E-state index contributed by atoms with van der Waals surface area (Å²) in [6, 6.07) is 27.2. The van der Waals surface area contributed by atoms with Crippen LogP contribution in [0.3, 0.4) is 0 Å². The Kier molecular flexibility index (Phi) is 12.4. The van der Waals surface area contributed by atoms with Crippen molar-refractivity contribution >= 4 is 55.1 Å². The standard InChI is InChI=1S/C38H41BrClN3O5S/c1-27-17-19-31(20-18-27)43(49(46,47)32-21-22-36(48-2)33(39)24-32)26-37(44)42(25-29-13-9-10-16-34(29)40)35(23-28-11-5-3-6-12-28)38(45)41-30-14-7-4-8-15-30/h3,5-6,9-13,16-22,24,30,35H,4,7-8,14-15,23,25-26H2,1-2H3,(H,41,45)/t35-/m0/s1. The minimum Gasteiger partial charge on any atom is -0.496 e. The maximum atomic E-state index is 14.8. The molecule has 0 spiro atoms. The van der Waals surface area contributed by atoms with E-state index in [0.717, 1.165) is 47.5 Å². The monoisotopic (exact) mass is 765 g/mol. The molecular formula is C38H41BrClN3O5S. The van der Waals surface area contributed by atoms with Crippen LogP contribution in [0, 0.1) is 6.92 Å². The molecule has 1 N–H and O–H groups in total. The van der Waals surface area contributed by atoms with Gasteiger partial charge in [-0.05, 0) is 83.2 Å². The van der Waals surface area contributed by atoms with E-state index in [9.17, 15) is 18.0 Å². The van der Waals surface area contributed by atoms with Gasteiger partial charge < -0.3 is 15.0 Å². The predicted octanol–water partition coefficient (Wildman–Crippen LogP) is 7.70. The number of anilines is 1. The molecule has 0 aliphatic heterocycles. The van der Waals surface area contributed by atoms with Crippen molar-refractivity contribution in [3.63, 3.8) is 0 Å². The zero-order chi connectivity index (χ0) is 35.0. The molecule has 0 unspecified atom stereocenters. The number of amides is 2. The molecule has 258 valence electrons. The van der Waals surface area contributed by atoms with Crippen molar-refractivity contribution in [2.75, 3.05) is 18.0 Å². The number of carbonyl (C=O) groups is 2. The summed E-state index contributed by atoms with van der Waals surface area (Å²) in [5.74, 6) is -0.355. The fourth-order valence-corrected chi connectivity index (χ4v) is 8.41. The van der Waals surface area contributed by atoms with E-state index in [4.69, 9.17) is 16.3 Å². The van der Waals surface area contributed by atoms with Crippen LogP contribution in [0.2, 0.25) is 5.02 Å². The lowest BCUT2D eigenvalue weighted by Crippen LogP contribution is -2.55. The first kappa shape index (κ1) is 36.4. The molecule has 8 nitrogen and oxygen atoms in total. The normalized spacial score (nSPS) is 14.1. The summed E-state index contributed by atoms with van der Waals surface area (Å²) in [6.45, 7) is 1.35. The Morgan fingerprint density at radius 3 is 2.27 bits per heavy atom. The Morgan fingerprint density at radius 2 is 1.61 bits per heavy atom. The number of ether oxygens (including phenoxy) is 1. The average Bonchev–Trinajstić information content (AvgIpc) is 3.10. The zero-order valence-corrected chi connectivity index (χ0v) is 30.8. The lowest BCUT2D eigenvalue weighted by Gasteiger charge is -2.35. The molecule has 0 bridgehead atoms. The van der Waals surface area contributed by atoms with E-state index in [-0.39, 0.29) is 29.8 Å². The van der Waals surface area contributed by atoms with Crippen molar-refractivity contribution in [2.24, 2.45) is 0 Å². The molecule has 1 atom stereocenters. The summed E-state index contributed by atoms with van der Waals surface area (Å²) in [6.07, 6.45) is 5.17. The van der Waals surface area contributed by atoms with Gasteiger partial charge in [0.1, 0.15) is 18.3 Å². The lowest BCUT2D eigenvalue weighted by atomic mass is 9.94. The molecule has 11 heteroatoms. The highest BCUT2D eigenvalue weighted by Gasteiger charge is 2.36. The van der Waals surface area contributed by atoms with Gasteiger partial charge in [0.25, 0.3) is 10.0 Å². The summed E-state index contributed by atoms with van der Waals surface area (Å²) in [7, 11) is -2.78. The summed E-state index contributed by atoms with van der Waals surface area (Å²) in [5.41, 5.74) is 2.76. The average molecular weight is 767 g/mol. The maximum Gasteiger partial charge on any atom is 0.264 e. The lowest BCUT2D eigenvalue weighted by molar-refractivity contribution is -0.140. The van der Waals surface area contributed by atoms with Gasteiger partial charge in [0.05, 0.1) is 22.2 Å². The summed E-state index contributed by atoms with van der Waals surface area (Å²) >= 11 is 10.0. The molecule has 1 aliphatic rings. The molecule has 0 aromatic heterocycles. The topological polar surface area (TPSA) is 96.0 Å². The fourth-order valence-electron chi connectivity index (χ4n) is 6.08. The molecule has 0 radical (unpaired) electrons. The molecule has 5 rings (SSSR count). The minimum atomic E-state index is -4.28. The minimum absolute atomic E-state index is 0.00393. The number of halogens is 2. The molecule has 1 fully saturated rings. The Labute approximate surface area is 302 Å². The molecule has 49 heavy (non-hydrogen) atoms. The highest BCUT2D eigenvalue weighted by Crippen LogP contribution is 2.31. The van der Waals surface area contributed by atoms with Gasteiger partial charge in [-0.2, -0.15) is 0 Å². The number of hydrogen-bond acceptors (Lipinski definition) is 5. The van der Waals surface area contributed by atoms with Crippen LogP contribution in [0.1, 0.15) is 48.8 Å².